The minimum atomic E-state index is -0.498. The first kappa shape index (κ1) is 16.7. The summed E-state index contributed by atoms with van der Waals surface area (Å²) in [6, 6.07) is 4.85. The topological polar surface area (TPSA) is 81.5 Å². The molecule has 3 rings (SSSR count). The van der Waals surface area contributed by atoms with Gasteiger partial charge in [-0.3, -0.25) is 4.90 Å². The van der Waals surface area contributed by atoms with Crippen LogP contribution in [0.2, 0.25) is 0 Å². The van der Waals surface area contributed by atoms with Crippen molar-refractivity contribution in [2.75, 3.05) is 47.5 Å². The highest BCUT2D eigenvalue weighted by Crippen LogP contribution is 2.29. The molecule has 0 spiro atoms. The third-order valence-corrected chi connectivity index (χ3v) is 5.03. The Balaban J connectivity index is 1.69. The third kappa shape index (κ3) is 3.68. The van der Waals surface area contributed by atoms with Crippen molar-refractivity contribution in [3.63, 3.8) is 0 Å². The fraction of sp³-hybridized carbons (Fsp3) is 0.533. The summed E-state index contributed by atoms with van der Waals surface area (Å²) in [5.41, 5.74) is 9.34. The van der Waals surface area contributed by atoms with Crippen LogP contribution in [0.5, 0.6) is 0 Å². The van der Waals surface area contributed by atoms with Crippen LogP contribution in [-0.2, 0) is 4.74 Å². The molecule has 0 N–H and O–H groups in total. The van der Waals surface area contributed by atoms with Gasteiger partial charge in [-0.25, -0.2) is 9.18 Å². The minimum absolute atomic E-state index is 0.266. The number of carbonyl (C=O) groups is 1. The Bertz CT molecular complexity index is 661. The van der Waals surface area contributed by atoms with Crippen LogP contribution in [0.25, 0.3) is 10.4 Å². The van der Waals surface area contributed by atoms with Gasteiger partial charge in [-0.05, 0) is 30.2 Å². The van der Waals surface area contributed by atoms with Crippen LogP contribution in [0.15, 0.2) is 23.3 Å². The maximum Gasteiger partial charge on any atom is 0.414 e. The molecule has 0 bridgehead atoms. The number of halogens is 1. The zero-order valence-corrected chi connectivity index (χ0v) is 13.9. The smallest absolute Gasteiger partial charge is 0.414 e. The first-order valence-corrected chi connectivity index (χ1v) is 8.96. The van der Waals surface area contributed by atoms with Crippen LogP contribution in [0.4, 0.5) is 20.6 Å². The largest absolute Gasteiger partial charge is 0.444 e. The number of anilines is 2. The molecule has 24 heavy (non-hydrogen) atoms. The van der Waals surface area contributed by atoms with Crippen LogP contribution in [0, 0.1) is 5.82 Å². The number of benzene rings is 1. The van der Waals surface area contributed by atoms with Gasteiger partial charge in [-0.15, -0.1) is 0 Å². The van der Waals surface area contributed by atoms with Gasteiger partial charge in [0.05, 0.1) is 17.9 Å². The highest BCUT2D eigenvalue weighted by molar-refractivity contribution is 7.99. The second kappa shape index (κ2) is 7.63. The molecular weight excluding hydrogens is 333 g/mol. The van der Waals surface area contributed by atoms with Gasteiger partial charge >= 0.3 is 6.09 Å². The van der Waals surface area contributed by atoms with Gasteiger partial charge in [0, 0.05) is 36.1 Å². The molecule has 0 unspecified atom stereocenters. The molecule has 1 amide bonds. The van der Waals surface area contributed by atoms with Gasteiger partial charge in [0.15, 0.2) is 0 Å². The van der Waals surface area contributed by atoms with Gasteiger partial charge in [-0.2, -0.15) is 11.8 Å². The number of hydrogen-bond donors (Lipinski definition) is 0. The van der Waals surface area contributed by atoms with Crippen molar-refractivity contribution in [3.05, 3.63) is 34.5 Å². The van der Waals surface area contributed by atoms with Gasteiger partial charge in [0.2, 0.25) is 0 Å². The number of amides is 1. The van der Waals surface area contributed by atoms with E-state index in [0.717, 1.165) is 24.6 Å². The molecular formula is C15H18FN5O2S. The SMILES string of the molecule is [N-]=[N+]=NCC[C@H]1CN(c2ccc(N3CCSCC3)c(F)c2)C(=O)O1. The maximum absolute atomic E-state index is 14.5. The number of carbonyl (C=O) groups excluding carboxylic acids is 1. The summed E-state index contributed by atoms with van der Waals surface area (Å²) >= 11 is 1.87. The number of hydrogen-bond acceptors (Lipinski definition) is 5. The summed E-state index contributed by atoms with van der Waals surface area (Å²) < 4.78 is 19.7. The Morgan fingerprint density at radius 1 is 1.42 bits per heavy atom. The molecule has 1 atom stereocenters. The van der Waals surface area contributed by atoms with Crippen molar-refractivity contribution in [1.29, 1.82) is 0 Å². The average Bonchev–Trinajstić information content (AvgIpc) is 2.96. The van der Waals surface area contributed by atoms with E-state index in [1.165, 1.54) is 11.0 Å². The number of cyclic esters (lactones) is 1. The molecule has 0 aromatic heterocycles. The first-order valence-electron chi connectivity index (χ1n) is 7.80. The number of nitrogens with zero attached hydrogens (tertiary/aromatic N) is 5. The van der Waals surface area contributed by atoms with Crippen molar-refractivity contribution < 1.29 is 13.9 Å². The third-order valence-electron chi connectivity index (χ3n) is 4.08. The fourth-order valence-electron chi connectivity index (χ4n) is 2.85. The van der Waals surface area contributed by atoms with Gasteiger partial charge in [-0.1, -0.05) is 5.11 Å². The second-order valence-electron chi connectivity index (χ2n) is 5.59. The van der Waals surface area contributed by atoms with Crippen molar-refractivity contribution >= 4 is 29.2 Å². The van der Waals surface area contributed by atoms with Gasteiger partial charge < -0.3 is 9.64 Å². The summed E-state index contributed by atoms with van der Waals surface area (Å²) in [5, 5.41) is 3.44. The van der Waals surface area contributed by atoms with Crippen molar-refractivity contribution in [2.45, 2.75) is 12.5 Å². The summed E-state index contributed by atoms with van der Waals surface area (Å²) in [6.07, 6.45) is -0.384. The van der Waals surface area contributed by atoms with E-state index in [9.17, 15) is 9.18 Å². The van der Waals surface area contributed by atoms with E-state index in [4.69, 9.17) is 10.3 Å². The Labute approximate surface area is 143 Å². The van der Waals surface area contributed by atoms with Gasteiger partial charge in [0.1, 0.15) is 11.9 Å². The molecule has 2 aliphatic heterocycles. The molecule has 0 radical (unpaired) electrons. The summed E-state index contributed by atoms with van der Waals surface area (Å²) in [4.78, 5) is 18.1. The lowest BCUT2D eigenvalue weighted by molar-refractivity contribution is 0.138. The zero-order valence-electron chi connectivity index (χ0n) is 13.1. The van der Waals surface area contributed by atoms with Crippen molar-refractivity contribution in [3.8, 4) is 0 Å². The molecule has 2 fully saturated rings. The van der Waals surface area contributed by atoms with Crippen LogP contribution in [0.3, 0.4) is 0 Å². The Morgan fingerprint density at radius 2 is 2.21 bits per heavy atom. The lowest BCUT2D eigenvalue weighted by Crippen LogP contribution is -2.33. The molecule has 1 aromatic rings. The minimum Gasteiger partial charge on any atom is -0.444 e. The van der Waals surface area contributed by atoms with E-state index in [1.807, 2.05) is 16.7 Å². The highest BCUT2D eigenvalue weighted by atomic mass is 32.2. The summed E-state index contributed by atoms with van der Waals surface area (Å²) in [7, 11) is 0. The van der Waals surface area contributed by atoms with E-state index in [-0.39, 0.29) is 18.5 Å². The number of azide groups is 1. The predicted octanol–water partition coefficient (Wildman–Crippen LogP) is 3.40. The fourth-order valence-corrected chi connectivity index (χ4v) is 3.76. The van der Waals surface area contributed by atoms with E-state index in [2.05, 4.69) is 10.0 Å². The number of rotatable bonds is 5. The van der Waals surface area contributed by atoms with E-state index in [0.29, 0.717) is 24.3 Å². The monoisotopic (exact) mass is 351 g/mol. The molecule has 2 saturated heterocycles. The van der Waals surface area contributed by atoms with Gasteiger partial charge in [0.25, 0.3) is 0 Å². The molecule has 0 saturated carbocycles. The van der Waals surface area contributed by atoms with Crippen LogP contribution < -0.4 is 9.80 Å². The van der Waals surface area contributed by atoms with Crippen LogP contribution in [0.1, 0.15) is 6.42 Å². The molecule has 128 valence electrons. The Kier molecular flexibility index (Phi) is 5.32. The van der Waals surface area contributed by atoms with Crippen LogP contribution in [-0.4, -0.2) is 49.9 Å². The lowest BCUT2D eigenvalue weighted by Gasteiger charge is -2.29. The number of thioether (sulfide) groups is 1. The van der Waals surface area contributed by atoms with Crippen molar-refractivity contribution in [1.82, 2.24) is 0 Å². The Morgan fingerprint density at radius 3 is 2.92 bits per heavy atom. The molecule has 7 nitrogen and oxygen atoms in total. The maximum atomic E-state index is 14.5. The average molecular weight is 351 g/mol. The molecule has 9 heteroatoms. The zero-order chi connectivity index (χ0) is 16.9. The highest BCUT2D eigenvalue weighted by Gasteiger charge is 2.32. The van der Waals surface area contributed by atoms with E-state index in [1.54, 1.807) is 12.1 Å². The molecule has 2 aliphatic rings. The van der Waals surface area contributed by atoms with E-state index >= 15 is 0 Å². The lowest BCUT2D eigenvalue weighted by atomic mass is 10.2. The predicted molar refractivity (Wildman–Crippen MR) is 92.2 cm³/mol. The summed E-state index contributed by atoms with van der Waals surface area (Å²) in [6.45, 7) is 2.25. The second-order valence-corrected chi connectivity index (χ2v) is 6.82. The normalized spacial score (nSPS) is 20.7. The first-order chi connectivity index (χ1) is 11.7. The summed E-state index contributed by atoms with van der Waals surface area (Å²) in [5.74, 6) is 1.66. The van der Waals surface area contributed by atoms with Crippen molar-refractivity contribution in [2.24, 2.45) is 5.11 Å². The Hall–Kier alpha value is -2.12. The molecule has 2 heterocycles. The van der Waals surface area contributed by atoms with E-state index < -0.39 is 6.09 Å². The number of ether oxygens (including phenoxy) is 1. The molecule has 1 aromatic carbocycles. The molecule has 0 aliphatic carbocycles. The standard InChI is InChI=1S/C15H18FN5O2S/c16-13-9-11(1-2-14(13)20-5-7-24-8-6-20)21-10-12(23-15(21)22)3-4-18-19-17/h1-2,9,12H,3-8,10H2/t12-/m0/s1. The quantitative estimate of drug-likeness (QED) is 0.462. The van der Waals surface area contributed by atoms with Crippen LogP contribution >= 0.6 is 11.8 Å².